The molecular formula is C18H22N6O2. The fraction of sp³-hybridized carbons (Fsp3) is 0.556. The van der Waals surface area contributed by atoms with Gasteiger partial charge in [0, 0.05) is 50.7 Å². The highest BCUT2D eigenvalue weighted by molar-refractivity contribution is 5.95. The largest absolute Gasteiger partial charge is 0.350 e. The minimum Gasteiger partial charge on any atom is -0.350 e. The van der Waals surface area contributed by atoms with E-state index in [9.17, 15) is 9.59 Å². The number of hydrogen-bond acceptors (Lipinski definition) is 5. The van der Waals surface area contributed by atoms with E-state index in [-0.39, 0.29) is 17.5 Å². The second kappa shape index (κ2) is 5.96. The number of rotatable bonds is 4. The Kier molecular flexibility index (Phi) is 3.58. The van der Waals surface area contributed by atoms with E-state index in [2.05, 4.69) is 15.0 Å². The average molecular weight is 354 g/mol. The number of anilines is 2. The summed E-state index contributed by atoms with van der Waals surface area (Å²) in [5, 5.41) is 4.48. The van der Waals surface area contributed by atoms with Gasteiger partial charge in [0.2, 0.25) is 5.91 Å². The van der Waals surface area contributed by atoms with Crippen LogP contribution < -0.4 is 15.4 Å². The minimum absolute atomic E-state index is 0.0134. The van der Waals surface area contributed by atoms with Gasteiger partial charge in [-0.2, -0.15) is 5.10 Å². The molecule has 8 nitrogen and oxygen atoms in total. The fourth-order valence-electron chi connectivity index (χ4n) is 4.01. The van der Waals surface area contributed by atoms with Gasteiger partial charge < -0.3 is 14.4 Å². The van der Waals surface area contributed by atoms with Crippen LogP contribution in [0.1, 0.15) is 44.2 Å². The van der Waals surface area contributed by atoms with Crippen molar-refractivity contribution in [2.24, 2.45) is 0 Å². The van der Waals surface area contributed by atoms with Crippen LogP contribution in [0, 0.1) is 0 Å². The summed E-state index contributed by atoms with van der Waals surface area (Å²) in [6, 6.07) is 0.548. The zero-order valence-corrected chi connectivity index (χ0v) is 14.6. The number of carbonyl (C=O) groups excluding carboxylic acids is 1. The van der Waals surface area contributed by atoms with Crippen molar-refractivity contribution in [1.82, 2.24) is 19.3 Å². The van der Waals surface area contributed by atoms with Gasteiger partial charge in [-0.05, 0) is 25.7 Å². The Morgan fingerprint density at radius 3 is 2.73 bits per heavy atom. The third-order valence-electron chi connectivity index (χ3n) is 5.60. The standard InChI is InChI=1S/C18H22N6O2/c25-16-2-1-7-22(16)15-10-20-24(12-15)14-5-8-21(11-14)17-18(26)23(9-6-19-17)13-3-4-13/h6,9-10,12-14H,1-5,7-8,11H2. The molecule has 2 aliphatic heterocycles. The van der Waals surface area contributed by atoms with Crippen molar-refractivity contribution in [1.29, 1.82) is 0 Å². The Morgan fingerprint density at radius 2 is 1.96 bits per heavy atom. The normalized spacial score (nSPS) is 23.2. The molecule has 3 fully saturated rings. The summed E-state index contributed by atoms with van der Waals surface area (Å²) in [6.07, 6.45) is 11.9. The lowest BCUT2D eigenvalue weighted by Gasteiger charge is -2.18. The monoisotopic (exact) mass is 354 g/mol. The van der Waals surface area contributed by atoms with Gasteiger partial charge in [0.25, 0.3) is 5.56 Å². The van der Waals surface area contributed by atoms with E-state index >= 15 is 0 Å². The van der Waals surface area contributed by atoms with Crippen molar-refractivity contribution in [3.63, 3.8) is 0 Å². The lowest BCUT2D eigenvalue weighted by molar-refractivity contribution is -0.117. The predicted octanol–water partition coefficient (Wildman–Crippen LogP) is 1.35. The molecule has 2 saturated heterocycles. The third-order valence-corrected chi connectivity index (χ3v) is 5.60. The quantitative estimate of drug-likeness (QED) is 0.828. The number of nitrogens with zero attached hydrogens (tertiary/aromatic N) is 6. The van der Waals surface area contributed by atoms with Crippen molar-refractivity contribution >= 4 is 17.4 Å². The topological polar surface area (TPSA) is 76.3 Å². The maximum atomic E-state index is 12.7. The second-order valence-corrected chi connectivity index (χ2v) is 7.41. The first kappa shape index (κ1) is 15.6. The van der Waals surface area contributed by atoms with Gasteiger partial charge in [0.05, 0.1) is 17.9 Å². The van der Waals surface area contributed by atoms with Crippen LogP contribution in [0.5, 0.6) is 0 Å². The van der Waals surface area contributed by atoms with E-state index in [1.165, 1.54) is 0 Å². The molecular weight excluding hydrogens is 332 g/mol. The summed E-state index contributed by atoms with van der Waals surface area (Å²) in [6.45, 7) is 2.28. The summed E-state index contributed by atoms with van der Waals surface area (Å²) < 4.78 is 3.75. The van der Waals surface area contributed by atoms with Crippen LogP contribution in [0.3, 0.4) is 0 Å². The van der Waals surface area contributed by atoms with Crippen molar-refractivity contribution in [3.05, 3.63) is 35.1 Å². The van der Waals surface area contributed by atoms with Gasteiger partial charge in [0.15, 0.2) is 5.82 Å². The molecule has 1 atom stereocenters. The molecule has 136 valence electrons. The molecule has 0 aromatic carbocycles. The second-order valence-electron chi connectivity index (χ2n) is 7.41. The predicted molar refractivity (Wildman–Crippen MR) is 96.4 cm³/mol. The first-order valence-corrected chi connectivity index (χ1v) is 9.37. The van der Waals surface area contributed by atoms with E-state index in [4.69, 9.17) is 0 Å². The molecule has 1 aliphatic carbocycles. The van der Waals surface area contributed by atoms with Crippen molar-refractivity contribution in [2.75, 3.05) is 29.4 Å². The van der Waals surface area contributed by atoms with Crippen LogP contribution in [0.2, 0.25) is 0 Å². The molecule has 2 aromatic rings. The van der Waals surface area contributed by atoms with Crippen molar-refractivity contribution in [2.45, 2.75) is 44.2 Å². The molecule has 0 radical (unpaired) electrons. The molecule has 2 aromatic heterocycles. The summed E-state index contributed by atoms with van der Waals surface area (Å²) in [5.74, 6) is 0.718. The van der Waals surface area contributed by atoms with Crippen LogP contribution in [0.15, 0.2) is 29.6 Å². The van der Waals surface area contributed by atoms with Crippen LogP contribution in [-0.4, -0.2) is 44.9 Å². The number of amides is 1. The SMILES string of the molecule is O=C1CCCN1c1cnn(C2CCN(c3nccn(C4CC4)c3=O)C2)c1. The van der Waals surface area contributed by atoms with Crippen molar-refractivity contribution in [3.8, 4) is 0 Å². The van der Waals surface area contributed by atoms with E-state index < -0.39 is 0 Å². The molecule has 3 aliphatic rings. The summed E-state index contributed by atoms with van der Waals surface area (Å²) in [4.78, 5) is 32.8. The van der Waals surface area contributed by atoms with Gasteiger partial charge in [-0.15, -0.1) is 0 Å². The maximum Gasteiger partial charge on any atom is 0.293 e. The van der Waals surface area contributed by atoms with Gasteiger partial charge >= 0.3 is 0 Å². The number of hydrogen-bond donors (Lipinski definition) is 0. The third kappa shape index (κ3) is 2.60. The van der Waals surface area contributed by atoms with Crippen LogP contribution in [0.25, 0.3) is 0 Å². The Morgan fingerprint density at radius 1 is 1.08 bits per heavy atom. The maximum absolute atomic E-state index is 12.7. The van der Waals surface area contributed by atoms with Gasteiger partial charge in [-0.25, -0.2) is 4.98 Å². The molecule has 5 rings (SSSR count). The lowest BCUT2D eigenvalue weighted by Crippen LogP contribution is -2.31. The Labute approximate surface area is 151 Å². The number of aromatic nitrogens is 4. The molecule has 4 heterocycles. The molecule has 0 bridgehead atoms. The lowest BCUT2D eigenvalue weighted by atomic mass is 10.3. The summed E-state index contributed by atoms with van der Waals surface area (Å²) in [7, 11) is 0. The molecule has 0 N–H and O–H groups in total. The van der Waals surface area contributed by atoms with Gasteiger partial charge in [-0.3, -0.25) is 14.3 Å². The van der Waals surface area contributed by atoms with Gasteiger partial charge in [0.1, 0.15) is 0 Å². The molecule has 8 heteroatoms. The Balaban J connectivity index is 1.34. The van der Waals surface area contributed by atoms with E-state index in [0.29, 0.717) is 24.8 Å². The van der Waals surface area contributed by atoms with Crippen LogP contribution in [0.4, 0.5) is 11.5 Å². The molecule has 1 amide bonds. The van der Waals surface area contributed by atoms with E-state index in [0.717, 1.165) is 44.5 Å². The van der Waals surface area contributed by atoms with E-state index in [1.807, 2.05) is 20.3 Å². The molecule has 1 unspecified atom stereocenters. The summed E-state index contributed by atoms with van der Waals surface area (Å²) >= 11 is 0. The van der Waals surface area contributed by atoms with E-state index in [1.54, 1.807) is 18.6 Å². The highest BCUT2D eigenvalue weighted by Gasteiger charge is 2.31. The first-order chi connectivity index (χ1) is 12.7. The first-order valence-electron chi connectivity index (χ1n) is 9.37. The smallest absolute Gasteiger partial charge is 0.293 e. The molecule has 0 spiro atoms. The van der Waals surface area contributed by atoms with Crippen molar-refractivity contribution < 1.29 is 4.79 Å². The Bertz CT molecular complexity index is 899. The highest BCUT2D eigenvalue weighted by Crippen LogP contribution is 2.34. The van der Waals surface area contributed by atoms with Crippen LogP contribution in [-0.2, 0) is 4.79 Å². The molecule has 26 heavy (non-hydrogen) atoms. The minimum atomic E-state index is 0.0134. The zero-order valence-electron chi connectivity index (χ0n) is 14.6. The van der Waals surface area contributed by atoms with Crippen LogP contribution >= 0.6 is 0 Å². The average Bonchev–Trinajstić information content (AvgIpc) is 3.01. The zero-order chi connectivity index (χ0) is 17.7. The fourth-order valence-corrected chi connectivity index (χ4v) is 4.01. The Hall–Kier alpha value is -2.64. The number of carbonyl (C=O) groups is 1. The highest BCUT2D eigenvalue weighted by atomic mass is 16.2. The summed E-state index contributed by atoms with van der Waals surface area (Å²) in [5.41, 5.74) is 0.888. The molecule has 1 saturated carbocycles. The van der Waals surface area contributed by atoms with Gasteiger partial charge in [-0.1, -0.05) is 0 Å².